The van der Waals surface area contributed by atoms with E-state index < -0.39 is 17.9 Å². The van der Waals surface area contributed by atoms with Gasteiger partial charge in [0.2, 0.25) is 5.91 Å². The van der Waals surface area contributed by atoms with Crippen LogP contribution in [0, 0.1) is 5.92 Å². The molecule has 2 atom stereocenters. The van der Waals surface area contributed by atoms with Crippen molar-refractivity contribution in [2.24, 2.45) is 5.92 Å². The molecule has 1 amide bonds. The smallest absolute Gasteiger partial charge is 0.326 e. The highest BCUT2D eigenvalue weighted by molar-refractivity contribution is 5.83. The zero-order valence-electron chi connectivity index (χ0n) is 11.0. The van der Waals surface area contributed by atoms with Gasteiger partial charge in [-0.3, -0.25) is 9.59 Å². The zero-order valence-corrected chi connectivity index (χ0v) is 11.0. The minimum Gasteiger partial charge on any atom is -0.480 e. The lowest BCUT2D eigenvalue weighted by atomic mass is 9.99. The van der Waals surface area contributed by atoms with Gasteiger partial charge in [0.1, 0.15) is 12.6 Å². The van der Waals surface area contributed by atoms with Crippen LogP contribution in [0.2, 0.25) is 0 Å². The van der Waals surface area contributed by atoms with E-state index in [1.54, 1.807) is 19.1 Å². The molecule has 6 heteroatoms. The molecule has 0 saturated carbocycles. The third-order valence-electron chi connectivity index (χ3n) is 3.01. The van der Waals surface area contributed by atoms with Crippen molar-refractivity contribution in [3.63, 3.8) is 0 Å². The Bertz CT molecular complexity index is 509. The summed E-state index contributed by atoms with van der Waals surface area (Å²) >= 11 is 0. The average Bonchev–Trinajstić information content (AvgIpc) is 2.37. The fourth-order valence-corrected chi connectivity index (χ4v) is 1.65. The zero-order chi connectivity index (χ0) is 14.4. The maximum absolute atomic E-state index is 11.8. The van der Waals surface area contributed by atoms with Crippen LogP contribution in [0.4, 0.5) is 0 Å². The molecule has 0 fully saturated rings. The third kappa shape index (κ3) is 4.24. The number of rotatable bonds is 6. The second-order valence-corrected chi connectivity index (χ2v) is 4.44. The van der Waals surface area contributed by atoms with Crippen molar-refractivity contribution in [2.45, 2.75) is 32.9 Å². The van der Waals surface area contributed by atoms with Gasteiger partial charge in [0.15, 0.2) is 0 Å². The summed E-state index contributed by atoms with van der Waals surface area (Å²) in [6.07, 6.45) is 2.13. The summed E-state index contributed by atoms with van der Waals surface area (Å²) < 4.78 is 1.23. The first-order valence-corrected chi connectivity index (χ1v) is 6.13. The minimum absolute atomic E-state index is 0.172. The maximum Gasteiger partial charge on any atom is 0.326 e. The highest BCUT2D eigenvalue weighted by atomic mass is 16.4. The van der Waals surface area contributed by atoms with Gasteiger partial charge in [0.05, 0.1) is 0 Å². The lowest BCUT2D eigenvalue weighted by Crippen LogP contribution is -2.46. The van der Waals surface area contributed by atoms with E-state index in [4.69, 9.17) is 5.11 Å². The molecule has 0 unspecified atom stereocenters. The Balaban J connectivity index is 2.71. The molecule has 0 bridgehead atoms. The van der Waals surface area contributed by atoms with E-state index in [-0.39, 0.29) is 18.0 Å². The molecular formula is C13H18N2O4. The van der Waals surface area contributed by atoms with E-state index in [0.29, 0.717) is 6.42 Å². The number of hydrogen-bond donors (Lipinski definition) is 2. The summed E-state index contributed by atoms with van der Waals surface area (Å²) in [5.41, 5.74) is -0.298. The van der Waals surface area contributed by atoms with Crippen molar-refractivity contribution in [3.8, 4) is 0 Å². The van der Waals surface area contributed by atoms with E-state index in [9.17, 15) is 14.4 Å². The van der Waals surface area contributed by atoms with Crippen LogP contribution in [0.3, 0.4) is 0 Å². The van der Waals surface area contributed by atoms with Crippen molar-refractivity contribution in [2.75, 3.05) is 0 Å². The summed E-state index contributed by atoms with van der Waals surface area (Å²) in [4.78, 5) is 34.3. The van der Waals surface area contributed by atoms with Gasteiger partial charge in [-0.25, -0.2) is 4.79 Å². The Morgan fingerprint density at radius 1 is 1.42 bits per heavy atom. The standard InChI is InChI=1S/C13H18N2O4/c1-3-9(2)12(13(18)19)14-10(16)8-15-7-5-4-6-11(15)17/h4-7,9,12H,3,8H2,1-2H3,(H,14,16)(H,18,19)/t9-,12-/m0/s1. The van der Waals surface area contributed by atoms with E-state index in [0.717, 1.165) is 0 Å². The first-order chi connectivity index (χ1) is 8.95. The third-order valence-corrected chi connectivity index (χ3v) is 3.01. The molecule has 0 aliphatic carbocycles. The van der Waals surface area contributed by atoms with E-state index in [1.807, 2.05) is 6.92 Å². The molecule has 1 aromatic heterocycles. The molecule has 0 spiro atoms. The number of carbonyl (C=O) groups excluding carboxylic acids is 1. The van der Waals surface area contributed by atoms with Crippen LogP contribution >= 0.6 is 0 Å². The van der Waals surface area contributed by atoms with E-state index in [1.165, 1.54) is 16.8 Å². The Morgan fingerprint density at radius 3 is 2.63 bits per heavy atom. The van der Waals surface area contributed by atoms with Gasteiger partial charge in [-0.05, 0) is 12.0 Å². The molecule has 0 saturated heterocycles. The molecular weight excluding hydrogens is 248 g/mol. The Morgan fingerprint density at radius 2 is 2.11 bits per heavy atom. The van der Waals surface area contributed by atoms with Crippen molar-refractivity contribution < 1.29 is 14.7 Å². The molecule has 0 aliphatic rings. The van der Waals surface area contributed by atoms with Gasteiger partial charge in [0, 0.05) is 12.3 Å². The maximum atomic E-state index is 11.8. The number of hydrogen-bond acceptors (Lipinski definition) is 3. The monoisotopic (exact) mass is 266 g/mol. The SMILES string of the molecule is CC[C@H](C)[C@H](NC(=O)Cn1ccccc1=O)C(=O)O. The molecule has 0 aromatic carbocycles. The van der Waals surface area contributed by atoms with Gasteiger partial charge in [-0.2, -0.15) is 0 Å². The van der Waals surface area contributed by atoms with Crippen molar-refractivity contribution in [1.29, 1.82) is 0 Å². The Labute approximate surface area is 111 Å². The van der Waals surface area contributed by atoms with Gasteiger partial charge in [0.25, 0.3) is 5.56 Å². The largest absolute Gasteiger partial charge is 0.480 e. The number of nitrogens with zero attached hydrogens (tertiary/aromatic N) is 1. The normalized spacial score (nSPS) is 13.6. The minimum atomic E-state index is -1.07. The Hall–Kier alpha value is -2.11. The predicted octanol–water partition coefficient (Wildman–Crippen LogP) is 0.464. The molecule has 0 radical (unpaired) electrons. The highest BCUT2D eigenvalue weighted by Gasteiger charge is 2.25. The fraction of sp³-hybridized carbons (Fsp3) is 0.462. The number of amides is 1. The van der Waals surface area contributed by atoms with Gasteiger partial charge in [-0.15, -0.1) is 0 Å². The number of aromatic nitrogens is 1. The van der Waals surface area contributed by atoms with Crippen molar-refractivity contribution in [1.82, 2.24) is 9.88 Å². The van der Waals surface area contributed by atoms with E-state index in [2.05, 4.69) is 5.32 Å². The summed E-state index contributed by atoms with van der Waals surface area (Å²) in [6, 6.07) is 3.63. The van der Waals surface area contributed by atoms with Crippen LogP contribution in [0.15, 0.2) is 29.2 Å². The molecule has 1 heterocycles. The lowest BCUT2D eigenvalue weighted by molar-refractivity contribution is -0.143. The summed E-state index contributed by atoms with van der Waals surface area (Å²) in [5, 5.41) is 11.5. The number of pyridine rings is 1. The molecule has 0 aliphatic heterocycles. The molecule has 2 N–H and O–H groups in total. The molecule has 19 heavy (non-hydrogen) atoms. The molecule has 104 valence electrons. The first kappa shape index (κ1) is 14.9. The summed E-state index contributed by atoms with van der Waals surface area (Å²) in [7, 11) is 0. The highest BCUT2D eigenvalue weighted by Crippen LogP contribution is 2.07. The lowest BCUT2D eigenvalue weighted by Gasteiger charge is -2.20. The van der Waals surface area contributed by atoms with Crippen molar-refractivity contribution >= 4 is 11.9 Å². The topological polar surface area (TPSA) is 88.4 Å². The number of carboxylic acid groups (broad SMARTS) is 1. The molecule has 1 aromatic rings. The number of aliphatic carboxylic acids is 1. The molecule has 1 rings (SSSR count). The summed E-state index contributed by atoms with van der Waals surface area (Å²) in [6.45, 7) is 3.43. The van der Waals surface area contributed by atoms with Crippen LogP contribution in [0.25, 0.3) is 0 Å². The second kappa shape index (κ2) is 6.72. The van der Waals surface area contributed by atoms with Crippen molar-refractivity contribution in [3.05, 3.63) is 34.7 Å². The van der Waals surface area contributed by atoms with Gasteiger partial charge >= 0.3 is 5.97 Å². The quantitative estimate of drug-likeness (QED) is 0.783. The van der Waals surface area contributed by atoms with E-state index >= 15 is 0 Å². The molecule has 6 nitrogen and oxygen atoms in total. The average molecular weight is 266 g/mol. The summed E-state index contributed by atoms with van der Waals surface area (Å²) in [5.74, 6) is -1.72. The van der Waals surface area contributed by atoms with Crippen LogP contribution in [-0.2, 0) is 16.1 Å². The predicted molar refractivity (Wildman–Crippen MR) is 69.7 cm³/mol. The fourth-order valence-electron chi connectivity index (χ4n) is 1.65. The second-order valence-electron chi connectivity index (χ2n) is 4.44. The first-order valence-electron chi connectivity index (χ1n) is 6.13. The van der Waals surface area contributed by atoms with Gasteiger partial charge in [-0.1, -0.05) is 26.3 Å². The van der Waals surface area contributed by atoms with Crippen LogP contribution in [0.1, 0.15) is 20.3 Å². The Kier molecular flexibility index (Phi) is 5.29. The number of carboxylic acids is 1. The number of carbonyl (C=O) groups is 2. The number of nitrogens with one attached hydrogen (secondary N) is 1. The van der Waals surface area contributed by atoms with Crippen LogP contribution in [-0.4, -0.2) is 27.6 Å². The van der Waals surface area contributed by atoms with Gasteiger partial charge < -0.3 is 15.0 Å². The van der Waals surface area contributed by atoms with Crippen LogP contribution < -0.4 is 10.9 Å². The van der Waals surface area contributed by atoms with Crippen LogP contribution in [0.5, 0.6) is 0 Å².